The lowest BCUT2D eigenvalue weighted by atomic mass is 10.0. The molecule has 0 fully saturated rings. The van der Waals surface area contributed by atoms with Crippen LogP contribution in [0.1, 0.15) is 31.9 Å². The Morgan fingerprint density at radius 3 is 2.54 bits per heavy atom. The minimum Gasteiger partial charge on any atom is -0.491 e. The number of nitrogens with one attached hydrogen (secondary N) is 2. The van der Waals surface area contributed by atoms with Crippen molar-refractivity contribution in [1.29, 1.82) is 0 Å². The highest BCUT2D eigenvalue weighted by molar-refractivity contribution is 5.79. The maximum atomic E-state index is 5.85. The van der Waals surface area contributed by atoms with Crippen molar-refractivity contribution in [1.82, 2.24) is 15.5 Å². The molecule has 6 nitrogen and oxygen atoms in total. The van der Waals surface area contributed by atoms with Crippen LogP contribution in [0.15, 0.2) is 23.2 Å². The number of nitrogens with zero attached hydrogens (tertiary/aromatic N) is 2. The molecule has 0 radical (unpaired) electrons. The number of hydrogen-bond acceptors (Lipinski definition) is 4. The van der Waals surface area contributed by atoms with Crippen molar-refractivity contribution >= 4 is 5.96 Å². The first-order chi connectivity index (χ1) is 12.3. The van der Waals surface area contributed by atoms with Gasteiger partial charge in [-0.05, 0) is 53.4 Å². The number of ether oxygens (including phenoxy) is 2. The molecule has 26 heavy (non-hydrogen) atoms. The van der Waals surface area contributed by atoms with E-state index in [-0.39, 0.29) is 5.54 Å². The summed E-state index contributed by atoms with van der Waals surface area (Å²) in [5.41, 5.74) is 2.27. The Labute approximate surface area is 159 Å². The first-order valence-corrected chi connectivity index (χ1v) is 9.21. The second kappa shape index (κ2) is 11.0. The lowest BCUT2D eigenvalue weighted by Crippen LogP contribution is -2.50. The van der Waals surface area contributed by atoms with Crippen molar-refractivity contribution in [2.75, 3.05) is 47.5 Å². The molecule has 2 N–H and O–H groups in total. The summed E-state index contributed by atoms with van der Waals surface area (Å²) in [5.74, 6) is 1.68. The van der Waals surface area contributed by atoms with Crippen LogP contribution in [0.4, 0.5) is 0 Å². The predicted molar refractivity (Wildman–Crippen MR) is 109 cm³/mol. The highest BCUT2D eigenvalue weighted by Crippen LogP contribution is 2.21. The molecule has 0 bridgehead atoms. The largest absolute Gasteiger partial charge is 0.491 e. The van der Waals surface area contributed by atoms with Crippen molar-refractivity contribution in [3.63, 3.8) is 0 Å². The Morgan fingerprint density at radius 1 is 1.19 bits per heavy atom. The van der Waals surface area contributed by atoms with Gasteiger partial charge in [0.15, 0.2) is 5.96 Å². The Hall–Kier alpha value is -1.79. The summed E-state index contributed by atoms with van der Waals surface area (Å²) >= 11 is 0. The number of likely N-dealkylation sites (N-methyl/N-ethyl adjacent to an activating group) is 1. The molecule has 1 aromatic carbocycles. The third-order valence-electron chi connectivity index (χ3n) is 4.42. The van der Waals surface area contributed by atoms with Gasteiger partial charge in [-0.15, -0.1) is 0 Å². The first kappa shape index (κ1) is 22.3. The molecule has 0 atom stereocenters. The summed E-state index contributed by atoms with van der Waals surface area (Å²) in [5, 5.41) is 6.74. The average molecular weight is 365 g/mol. The molecular weight excluding hydrogens is 328 g/mol. The molecule has 0 saturated heterocycles. The SMILES string of the molecule is CCNC(=NCc1ccc(C)cc1OCCOC)NCC(C)(C)N(C)C. The maximum Gasteiger partial charge on any atom is 0.191 e. The summed E-state index contributed by atoms with van der Waals surface area (Å²) in [6.07, 6.45) is 0. The summed E-state index contributed by atoms with van der Waals surface area (Å²) in [6, 6.07) is 6.22. The Bertz CT molecular complexity index is 571. The Morgan fingerprint density at radius 2 is 1.92 bits per heavy atom. The standard InChI is InChI=1S/C20H36N4O2/c1-8-21-19(23-15-20(3,4)24(5)6)22-14-17-10-9-16(2)13-18(17)26-12-11-25-7/h9-10,13H,8,11-12,14-15H2,1-7H3,(H2,21,22,23). The summed E-state index contributed by atoms with van der Waals surface area (Å²) in [6.45, 7) is 11.8. The quantitative estimate of drug-likeness (QED) is 0.379. The van der Waals surface area contributed by atoms with E-state index in [0.29, 0.717) is 19.8 Å². The molecule has 0 aliphatic carbocycles. The van der Waals surface area contributed by atoms with Crippen molar-refractivity contribution in [3.8, 4) is 5.75 Å². The monoisotopic (exact) mass is 364 g/mol. The number of hydrogen-bond donors (Lipinski definition) is 2. The molecule has 0 unspecified atom stereocenters. The normalized spacial score (nSPS) is 12.4. The van der Waals surface area contributed by atoms with Gasteiger partial charge in [-0.1, -0.05) is 12.1 Å². The molecule has 1 rings (SSSR count). The lowest BCUT2D eigenvalue weighted by Gasteiger charge is -2.33. The van der Waals surface area contributed by atoms with Crippen LogP contribution in [0.2, 0.25) is 0 Å². The molecule has 0 spiro atoms. The first-order valence-electron chi connectivity index (χ1n) is 9.21. The van der Waals surface area contributed by atoms with Crippen LogP contribution in [0.3, 0.4) is 0 Å². The van der Waals surface area contributed by atoms with Crippen molar-refractivity contribution in [2.45, 2.75) is 39.8 Å². The van der Waals surface area contributed by atoms with E-state index in [1.165, 1.54) is 5.56 Å². The molecule has 0 aliphatic heterocycles. The summed E-state index contributed by atoms with van der Waals surface area (Å²) in [4.78, 5) is 6.93. The van der Waals surface area contributed by atoms with Gasteiger partial charge in [-0.3, -0.25) is 0 Å². The van der Waals surface area contributed by atoms with Crippen molar-refractivity contribution < 1.29 is 9.47 Å². The third-order valence-corrected chi connectivity index (χ3v) is 4.42. The second-order valence-corrected chi connectivity index (χ2v) is 7.21. The highest BCUT2D eigenvalue weighted by atomic mass is 16.5. The predicted octanol–water partition coefficient (Wildman–Crippen LogP) is 2.42. The van der Waals surface area contributed by atoms with Crippen LogP contribution in [0.25, 0.3) is 0 Å². The fourth-order valence-corrected chi connectivity index (χ4v) is 2.13. The van der Waals surface area contributed by atoms with E-state index < -0.39 is 0 Å². The second-order valence-electron chi connectivity index (χ2n) is 7.21. The molecule has 148 valence electrons. The van der Waals surface area contributed by atoms with Gasteiger partial charge in [0, 0.05) is 31.3 Å². The molecule has 0 amide bonds. The Kier molecular flexibility index (Phi) is 9.44. The van der Waals surface area contributed by atoms with Crippen LogP contribution >= 0.6 is 0 Å². The summed E-state index contributed by atoms with van der Waals surface area (Å²) < 4.78 is 10.9. The number of rotatable bonds is 10. The minimum absolute atomic E-state index is 0.0362. The third kappa shape index (κ3) is 7.62. The van der Waals surface area contributed by atoms with Gasteiger partial charge in [0.25, 0.3) is 0 Å². The molecule has 0 saturated carbocycles. The van der Waals surface area contributed by atoms with Crippen LogP contribution in [-0.2, 0) is 11.3 Å². The van der Waals surface area contributed by atoms with Crippen molar-refractivity contribution in [3.05, 3.63) is 29.3 Å². The van der Waals surface area contributed by atoms with Gasteiger partial charge in [0.2, 0.25) is 0 Å². The molecular formula is C20H36N4O2. The molecule has 0 aliphatic rings. The molecule has 6 heteroatoms. The van der Waals surface area contributed by atoms with Gasteiger partial charge in [-0.2, -0.15) is 0 Å². The topological polar surface area (TPSA) is 58.1 Å². The van der Waals surface area contributed by atoms with E-state index >= 15 is 0 Å². The van der Waals surface area contributed by atoms with Gasteiger partial charge < -0.3 is 25.0 Å². The number of methoxy groups -OCH3 is 1. The van der Waals surface area contributed by atoms with E-state index in [9.17, 15) is 0 Å². The average Bonchev–Trinajstić information content (AvgIpc) is 2.58. The van der Waals surface area contributed by atoms with E-state index in [1.54, 1.807) is 7.11 Å². The Balaban J connectivity index is 2.82. The highest BCUT2D eigenvalue weighted by Gasteiger charge is 2.20. The number of guanidine groups is 1. The van der Waals surface area contributed by atoms with E-state index in [1.807, 2.05) is 0 Å². The zero-order valence-corrected chi connectivity index (χ0v) is 17.5. The van der Waals surface area contributed by atoms with Gasteiger partial charge in [0.1, 0.15) is 12.4 Å². The van der Waals surface area contributed by atoms with E-state index in [0.717, 1.165) is 30.4 Å². The van der Waals surface area contributed by atoms with E-state index in [4.69, 9.17) is 14.5 Å². The maximum absolute atomic E-state index is 5.85. The lowest BCUT2D eigenvalue weighted by molar-refractivity contribution is 0.145. The summed E-state index contributed by atoms with van der Waals surface area (Å²) in [7, 11) is 5.84. The van der Waals surface area contributed by atoms with Crippen LogP contribution in [-0.4, -0.2) is 63.9 Å². The van der Waals surface area contributed by atoms with Crippen LogP contribution in [0, 0.1) is 6.92 Å². The van der Waals surface area contributed by atoms with Gasteiger partial charge in [-0.25, -0.2) is 4.99 Å². The molecule has 0 heterocycles. The van der Waals surface area contributed by atoms with Crippen molar-refractivity contribution in [2.24, 2.45) is 4.99 Å². The minimum atomic E-state index is 0.0362. The fourth-order valence-electron chi connectivity index (χ4n) is 2.13. The molecule has 1 aromatic rings. The number of benzene rings is 1. The number of aliphatic imine (C=N–C) groups is 1. The zero-order valence-electron chi connectivity index (χ0n) is 17.5. The number of aryl methyl sites for hydroxylation is 1. The smallest absolute Gasteiger partial charge is 0.191 e. The van der Waals surface area contributed by atoms with Gasteiger partial charge in [0.05, 0.1) is 13.2 Å². The van der Waals surface area contributed by atoms with Gasteiger partial charge >= 0.3 is 0 Å². The van der Waals surface area contributed by atoms with Crippen LogP contribution < -0.4 is 15.4 Å². The zero-order chi connectivity index (χ0) is 19.6. The van der Waals surface area contributed by atoms with E-state index in [2.05, 4.69) is 75.5 Å². The van der Waals surface area contributed by atoms with Crippen LogP contribution in [0.5, 0.6) is 5.75 Å². The fraction of sp³-hybridized carbons (Fsp3) is 0.650. The molecule has 0 aromatic heterocycles.